The van der Waals surface area contributed by atoms with Crippen LogP contribution in [0.25, 0.3) is 0 Å². The molecule has 4 heteroatoms. The highest BCUT2D eigenvalue weighted by molar-refractivity contribution is 6.32. The molecule has 0 radical (unpaired) electrons. The van der Waals surface area contributed by atoms with E-state index < -0.39 is 5.82 Å². The standard InChI is InChI=1S/C10H8ClFO2/c1-4-2-7(13)9-8(4)6(12)3-5(11)10(9)14/h3-4,14H,2H2,1H3. The van der Waals surface area contributed by atoms with Gasteiger partial charge in [0, 0.05) is 12.0 Å². The molecule has 74 valence electrons. The van der Waals surface area contributed by atoms with E-state index in [1.165, 1.54) is 0 Å². The number of Topliss-reactive ketones (excluding diaryl/α,β-unsaturated/α-hetero) is 1. The largest absolute Gasteiger partial charge is 0.506 e. The van der Waals surface area contributed by atoms with Crippen LogP contribution in [0.3, 0.4) is 0 Å². The van der Waals surface area contributed by atoms with E-state index in [0.717, 1.165) is 6.07 Å². The predicted octanol–water partition coefficient (Wildman–Crippen LogP) is 2.87. The third-order valence-electron chi connectivity index (χ3n) is 2.51. The van der Waals surface area contributed by atoms with Gasteiger partial charge >= 0.3 is 0 Å². The second-order valence-electron chi connectivity index (χ2n) is 3.51. The van der Waals surface area contributed by atoms with Crippen LogP contribution in [-0.4, -0.2) is 10.9 Å². The van der Waals surface area contributed by atoms with Gasteiger partial charge in [-0.1, -0.05) is 18.5 Å². The van der Waals surface area contributed by atoms with Gasteiger partial charge in [0.2, 0.25) is 0 Å². The van der Waals surface area contributed by atoms with Gasteiger partial charge in [0.25, 0.3) is 0 Å². The van der Waals surface area contributed by atoms with Crippen LogP contribution in [0.4, 0.5) is 4.39 Å². The molecular formula is C10H8ClFO2. The van der Waals surface area contributed by atoms with Crippen LogP contribution in [0.15, 0.2) is 6.07 Å². The number of carbonyl (C=O) groups excluding carboxylic acids is 1. The average Bonchev–Trinajstić information content (AvgIpc) is 2.38. The summed E-state index contributed by atoms with van der Waals surface area (Å²) in [6.45, 7) is 1.75. The highest BCUT2D eigenvalue weighted by atomic mass is 35.5. The molecule has 0 heterocycles. The van der Waals surface area contributed by atoms with Crippen molar-refractivity contribution in [2.75, 3.05) is 0 Å². The minimum atomic E-state index is -0.513. The Morgan fingerprint density at radius 2 is 2.29 bits per heavy atom. The summed E-state index contributed by atoms with van der Waals surface area (Å²) in [5.41, 5.74) is 0.347. The molecular weight excluding hydrogens is 207 g/mol. The number of ketones is 1. The van der Waals surface area contributed by atoms with E-state index in [1.54, 1.807) is 6.92 Å². The fourth-order valence-corrected chi connectivity index (χ4v) is 2.06. The number of rotatable bonds is 0. The molecule has 1 N–H and O–H groups in total. The normalized spacial score (nSPS) is 19.9. The third-order valence-corrected chi connectivity index (χ3v) is 2.79. The molecule has 2 nitrogen and oxygen atoms in total. The van der Waals surface area contributed by atoms with Crippen LogP contribution in [0.2, 0.25) is 5.02 Å². The number of hydrogen-bond acceptors (Lipinski definition) is 2. The maximum atomic E-state index is 13.4. The minimum absolute atomic E-state index is 0.0579. The first-order valence-electron chi connectivity index (χ1n) is 4.26. The summed E-state index contributed by atoms with van der Waals surface area (Å²) in [5, 5.41) is 9.40. The Labute approximate surface area is 85.3 Å². The van der Waals surface area contributed by atoms with Crippen molar-refractivity contribution >= 4 is 17.4 Å². The Hall–Kier alpha value is -1.09. The van der Waals surface area contributed by atoms with Crippen molar-refractivity contribution in [2.45, 2.75) is 19.3 Å². The molecule has 0 saturated heterocycles. The average molecular weight is 215 g/mol. The molecule has 1 atom stereocenters. The molecule has 1 aromatic rings. The van der Waals surface area contributed by atoms with E-state index in [1.807, 2.05) is 0 Å². The highest BCUT2D eigenvalue weighted by Gasteiger charge is 2.33. The molecule has 14 heavy (non-hydrogen) atoms. The Morgan fingerprint density at radius 3 is 2.93 bits per heavy atom. The van der Waals surface area contributed by atoms with Crippen molar-refractivity contribution in [1.29, 1.82) is 0 Å². The fourth-order valence-electron chi connectivity index (χ4n) is 1.87. The minimum Gasteiger partial charge on any atom is -0.506 e. The van der Waals surface area contributed by atoms with E-state index >= 15 is 0 Å². The number of carbonyl (C=O) groups is 1. The van der Waals surface area contributed by atoms with E-state index in [2.05, 4.69) is 0 Å². The van der Waals surface area contributed by atoms with Gasteiger partial charge in [-0.3, -0.25) is 4.79 Å². The summed E-state index contributed by atoms with van der Waals surface area (Å²) in [4.78, 5) is 11.4. The topological polar surface area (TPSA) is 37.3 Å². The van der Waals surface area contributed by atoms with Crippen molar-refractivity contribution in [3.8, 4) is 5.75 Å². The third kappa shape index (κ3) is 1.12. The molecule has 0 aliphatic heterocycles. The molecule has 2 rings (SSSR count). The number of benzene rings is 1. The molecule has 0 bridgehead atoms. The molecule has 1 aliphatic rings. The van der Waals surface area contributed by atoms with Crippen LogP contribution >= 0.6 is 11.6 Å². The van der Waals surface area contributed by atoms with Gasteiger partial charge in [0.05, 0.1) is 10.6 Å². The molecule has 1 unspecified atom stereocenters. The molecule has 0 fully saturated rings. The summed E-state index contributed by atoms with van der Waals surface area (Å²) < 4.78 is 13.4. The predicted molar refractivity (Wildman–Crippen MR) is 50.4 cm³/mol. The van der Waals surface area contributed by atoms with E-state index in [0.29, 0.717) is 0 Å². The number of phenols is 1. The maximum absolute atomic E-state index is 13.4. The smallest absolute Gasteiger partial charge is 0.167 e. The monoisotopic (exact) mass is 214 g/mol. The van der Waals surface area contributed by atoms with Crippen molar-refractivity contribution < 1.29 is 14.3 Å². The lowest BCUT2D eigenvalue weighted by Gasteiger charge is -2.07. The van der Waals surface area contributed by atoms with Gasteiger partial charge in [-0.15, -0.1) is 0 Å². The zero-order valence-electron chi connectivity index (χ0n) is 7.47. The van der Waals surface area contributed by atoms with Gasteiger partial charge in [-0.25, -0.2) is 4.39 Å². The van der Waals surface area contributed by atoms with Crippen LogP contribution < -0.4 is 0 Å². The summed E-state index contributed by atoms with van der Waals surface area (Å²) >= 11 is 5.57. The van der Waals surface area contributed by atoms with Crippen LogP contribution in [0, 0.1) is 5.82 Å². The van der Waals surface area contributed by atoms with Gasteiger partial charge in [-0.2, -0.15) is 0 Å². The van der Waals surface area contributed by atoms with Crippen LogP contribution in [0.1, 0.15) is 35.2 Å². The highest BCUT2D eigenvalue weighted by Crippen LogP contribution is 2.42. The second-order valence-corrected chi connectivity index (χ2v) is 3.91. The quantitative estimate of drug-likeness (QED) is 0.721. The second kappa shape index (κ2) is 2.95. The SMILES string of the molecule is CC1CC(=O)c2c(O)c(Cl)cc(F)c21. The van der Waals surface area contributed by atoms with Crippen molar-refractivity contribution in [2.24, 2.45) is 0 Å². The molecule has 1 aromatic carbocycles. The number of hydrogen-bond donors (Lipinski definition) is 1. The van der Waals surface area contributed by atoms with Crippen molar-refractivity contribution in [1.82, 2.24) is 0 Å². The van der Waals surface area contributed by atoms with Gasteiger partial charge < -0.3 is 5.11 Å². The van der Waals surface area contributed by atoms with E-state index in [9.17, 15) is 14.3 Å². The van der Waals surface area contributed by atoms with Crippen molar-refractivity contribution in [3.63, 3.8) is 0 Å². The fraction of sp³-hybridized carbons (Fsp3) is 0.300. The summed E-state index contributed by atoms with van der Waals surface area (Å²) in [7, 11) is 0. The summed E-state index contributed by atoms with van der Waals surface area (Å²) in [5.74, 6) is -1.23. The Bertz CT molecular complexity index is 429. The van der Waals surface area contributed by atoms with Gasteiger partial charge in [-0.05, 0) is 12.0 Å². The lowest BCUT2D eigenvalue weighted by molar-refractivity contribution is 0.0988. The zero-order valence-corrected chi connectivity index (χ0v) is 8.23. The number of fused-ring (bicyclic) bond motifs is 1. The zero-order chi connectivity index (χ0) is 10.5. The van der Waals surface area contributed by atoms with Crippen LogP contribution in [0.5, 0.6) is 5.75 Å². The molecule has 0 saturated carbocycles. The molecule has 1 aliphatic carbocycles. The van der Waals surface area contributed by atoms with E-state index in [4.69, 9.17) is 11.6 Å². The number of phenolic OH excluding ortho intramolecular Hbond substituents is 1. The molecule has 0 aromatic heterocycles. The maximum Gasteiger partial charge on any atom is 0.167 e. The number of halogens is 2. The lowest BCUT2D eigenvalue weighted by atomic mass is 10.0. The molecule has 0 amide bonds. The number of aromatic hydroxyl groups is 1. The van der Waals surface area contributed by atoms with Gasteiger partial charge in [0.15, 0.2) is 5.78 Å². The first-order chi connectivity index (χ1) is 6.52. The lowest BCUT2D eigenvalue weighted by Crippen LogP contribution is -1.95. The first-order valence-corrected chi connectivity index (χ1v) is 4.64. The Kier molecular flexibility index (Phi) is 2.00. The summed E-state index contributed by atoms with van der Waals surface area (Å²) in [6.07, 6.45) is 0.236. The Balaban J connectivity index is 2.79. The molecule has 0 spiro atoms. The van der Waals surface area contributed by atoms with Crippen molar-refractivity contribution in [3.05, 3.63) is 28.0 Å². The van der Waals surface area contributed by atoms with Crippen LogP contribution in [-0.2, 0) is 0 Å². The Morgan fingerprint density at radius 1 is 1.64 bits per heavy atom. The summed E-state index contributed by atoms with van der Waals surface area (Å²) in [6, 6.07) is 1.05. The van der Waals surface area contributed by atoms with E-state index in [-0.39, 0.29) is 40.0 Å². The van der Waals surface area contributed by atoms with Gasteiger partial charge in [0.1, 0.15) is 11.6 Å². The first kappa shape index (κ1) is 9.46.